The molecule has 344 valence electrons. The molecule has 0 bridgehead atoms. The highest BCUT2D eigenvalue weighted by molar-refractivity contribution is 7.87. The van der Waals surface area contributed by atoms with Gasteiger partial charge < -0.3 is 16.2 Å². The maximum atomic E-state index is 12.7. The summed E-state index contributed by atoms with van der Waals surface area (Å²) in [6, 6.07) is 8.64. The van der Waals surface area contributed by atoms with Gasteiger partial charge in [0.1, 0.15) is 53.1 Å². The molecule has 0 aliphatic carbocycles. The molecule has 0 spiro atoms. The van der Waals surface area contributed by atoms with Gasteiger partial charge in [-0.1, -0.05) is 32.0 Å². The molecule has 6 rings (SSSR count). The van der Waals surface area contributed by atoms with Crippen LogP contribution >= 0.6 is 11.6 Å². The topological polar surface area (TPSA) is 418 Å². The number of aromatic nitrogens is 3. The molecule has 31 heteroatoms. The number of nitrogens with two attached hydrogens (primary N) is 1. The van der Waals surface area contributed by atoms with Gasteiger partial charge >= 0.3 is 0 Å². The number of fused-ring (bicyclic) bond motifs is 2. The van der Waals surface area contributed by atoms with Crippen LogP contribution in [0.1, 0.15) is 38.4 Å². The number of nitrogen functional groups attached to an aromatic ring is 1. The molecule has 25 nitrogen and oxygen atoms in total. The molecule has 6 aromatic rings. The minimum atomic E-state index is -5.50. The minimum absolute atomic E-state index is 0.00145. The molecule has 65 heavy (non-hydrogen) atoms. The van der Waals surface area contributed by atoms with Crippen molar-refractivity contribution >= 4 is 124 Å². The molecular weight excluding hydrogens is 986 g/mol. The molecule has 1 heterocycles. The van der Waals surface area contributed by atoms with E-state index in [0.717, 1.165) is 48.5 Å². The average Bonchev–Trinajstić information content (AvgIpc) is 3.17. The van der Waals surface area contributed by atoms with Crippen molar-refractivity contribution in [1.29, 1.82) is 0 Å². The zero-order valence-electron chi connectivity index (χ0n) is 32.7. The smallest absolute Gasteiger partial charge is 0.297 e. The average molecular weight is 1020 g/mol. The summed E-state index contributed by atoms with van der Waals surface area (Å²) >= 11 is 6.12. The van der Waals surface area contributed by atoms with E-state index < -0.39 is 131 Å². The number of aromatic hydroxyl groups is 1. The number of phenols is 1. The fraction of sp³-hybridized carbons (Fsp3) is 0.147. The first-order valence-corrected chi connectivity index (χ1v) is 25.3. The van der Waals surface area contributed by atoms with E-state index in [9.17, 15) is 70.0 Å². The number of rotatable bonds is 14. The van der Waals surface area contributed by atoms with Gasteiger partial charge in [-0.3, -0.25) is 22.8 Å². The maximum Gasteiger partial charge on any atom is 0.297 e. The van der Waals surface area contributed by atoms with E-state index in [4.69, 9.17) is 17.3 Å². The van der Waals surface area contributed by atoms with Crippen LogP contribution in [0.15, 0.2) is 106 Å². The van der Waals surface area contributed by atoms with Crippen LogP contribution in [0.25, 0.3) is 21.5 Å². The first-order chi connectivity index (χ1) is 30.0. The Balaban J connectivity index is 1.56. The third-order valence-electron chi connectivity index (χ3n) is 9.34. The highest BCUT2D eigenvalue weighted by atomic mass is 35.5. The van der Waals surface area contributed by atoms with Gasteiger partial charge in [-0.05, 0) is 72.3 Å². The van der Waals surface area contributed by atoms with Crippen molar-refractivity contribution in [2.24, 2.45) is 20.5 Å². The second-order valence-electron chi connectivity index (χ2n) is 13.5. The predicted octanol–water partition coefficient (Wildman–Crippen LogP) is 6.83. The lowest BCUT2D eigenvalue weighted by Crippen LogP contribution is -2.08. The third kappa shape index (κ3) is 10.2. The zero-order chi connectivity index (χ0) is 48.2. The highest BCUT2D eigenvalue weighted by Crippen LogP contribution is 2.49. The number of halogens is 1. The van der Waals surface area contributed by atoms with E-state index in [1.165, 1.54) is 0 Å². The van der Waals surface area contributed by atoms with Crippen LogP contribution in [0, 0.1) is 0 Å². The lowest BCUT2D eigenvalue weighted by atomic mass is 10.0. The first-order valence-electron chi connectivity index (χ1n) is 17.8. The van der Waals surface area contributed by atoms with Crippen LogP contribution < -0.4 is 11.1 Å². The Bertz CT molecular complexity index is 3630. The second kappa shape index (κ2) is 17.5. The van der Waals surface area contributed by atoms with Crippen molar-refractivity contribution in [1.82, 2.24) is 15.0 Å². The molecule has 0 radical (unpaired) electrons. The summed E-state index contributed by atoms with van der Waals surface area (Å²) in [6.07, 6.45) is 1.29. The molecule has 0 unspecified atom stereocenters. The molecule has 0 aliphatic rings. The number of nitrogens with zero attached hydrogens (tertiary/aromatic N) is 7. The molecule has 5 aromatic carbocycles. The molecule has 0 saturated heterocycles. The van der Waals surface area contributed by atoms with Crippen molar-refractivity contribution in [3.05, 3.63) is 71.8 Å². The number of anilines is 3. The monoisotopic (exact) mass is 1020 g/mol. The molecule has 0 aliphatic heterocycles. The van der Waals surface area contributed by atoms with Crippen molar-refractivity contribution in [3.8, 4) is 5.75 Å². The molecule has 1 aromatic heterocycles. The van der Waals surface area contributed by atoms with Crippen molar-refractivity contribution < 1.29 is 70.0 Å². The normalized spacial score (nSPS) is 13.2. The largest absolute Gasteiger partial charge is 0.505 e. The Morgan fingerprint density at radius 3 is 1.77 bits per heavy atom. The number of nitrogens with one attached hydrogen (secondary N) is 1. The summed E-state index contributed by atoms with van der Waals surface area (Å²) in [7, 11) is -26.4. The summed E-state index contributed by atoms with van der Waals surface area (Å²) in [5.74, 6) is -1.21. The van der Waals surface area contributed by atoms with Crippen molar-refractivity contribution in [3.63, 3.8) is 0 Å². The van der Waals surface area contributed by atoms with E-state index in [-0.39, 0.29) is 22.8 Å². The number of hydrogen-bond acceptors (Lipinski definition) is 20. The molecule has 9 N–H and O–H groups in total. The maximum absolute atomic E-state index is 12.7. The molecular formula is C34H30ClN9O16S5. The van der Waals surface area contributed by atoms with Gasteiger partial charge in [0.2, 0.25) is 11.2 Å². The third-order valence-corrected chi connectivity index (χ3v) is 14.0. The Hall–Kier alpha value is -5.93. The second-order valence-corrected chi connectivity index (χ2v) is 20.7. The Labute approximate surface area is 372 Å². The lowest BCUT2D eigenvalue weighted by molar-refractivity contribution is 0.472. The van der Waals surface area contributed by atoms with Gasteiger partial charge in [-0.25, -0.2) is 4.98 Å². The van der Waals surface area contributed by atoms with Crippen LogP contribution in [0.5, 0.6) is 5.75 Å². The fourth-order valence-electron chi connectivity index (χ4n) is 6.45. The van der Waals surface area contributed by atoms with E-state index in [1.807, 2.05) is 13.8 Å². The SMILES string of the molecule is CCC(CC)c1nc(Cl)nc(Nc2ccc(S(=O)(=O)O)c(/N=N/c3c(S(=O)(=O)O)cc4cc(S(=O)(=O)O)c(/N=N/c5ccc6c(S(=O)(=O)O)cccc6c5S(=O)(=O)O)c(O)c4c3N)c2)n1. The number of hydrogen-bond donors (Lipinski definition) is 8. The van der Waals surface area contributed by atoms with Crippen LogP contribution in [-0.2, 0) is 50.6 Å². The number of phenolic OH excluding ortho intramolecular Hbond substituents is 1. The van der Waals surface area contributed by atoms with Crippen LogP contribution in [-0.4, -0.2) is 84.9 Å². The van der Waals surface area contributed by atoms with Gasteiger partial charge in [0.15, 0.2) is 5.75 Å². The summed E-state index contributed by atoms with van der Waals surface area (Å²) in [6.45, 7) is 3.80. The molecule has 0 amide bonds. The molecule has 0 atom stereocenters. The molecule has 0 saturated carbocycles. The van der Waals surface area contributed by atoms with E-state index >= 15 is 0 Å². The van der Waals surface area contributed by atoms with Crippen LogP contribution in [0.3, 0.4) is 0 Å². The highest BCUT2D eigenvalue weighted by Gasteiger charge is 2.30. The fourth-order valence-corrected chi connectivity index (χ4v) is 10.1. The predicted molar refractivity (Wildman–Crippen MR) is 229 cm³/mol. The quantitative estimate of drug-likeness (QED) is 0.0315. The first kappa shape index (κ1) is 48.5. The van der Waals surface area contributed by atoms with Crippen LogP contribution in [0.2, 0.25) is 5.28 Å². The van der Waals surface area contributed by atoms with E-state index in [1.54, 1.807) is 0 Å². The Kier molecular flexibility index (Phi) is 13.0. The van der Waals surface area contributed by atoms with Crippen molar-refractivity contribution in [2.45, 2.75) is 57.1 Å². The summed E-state index contributed by atoms with van der Waals surface area (Å²) < 4.78 is 175. The van der Waals surface area contributed by atoms with Crippen molar-refractivity contribution in [2.75, 3.05) is 11.1 Å². The zero-order valence-corrected chi connectivity index (χ0v) is 37.5. The van der Waals surface area contributed by atoms with Gasteiger partial charge in [0.05, 0.1) is 11.1 Å². The van der Waals surface area contributed by atoms with Gasteiger partial charge in [-0.2, -0.15) is 52.1 Å². The number of azo groups is 2. The van der Waals surface area contributed by atoms with E-state index in [2.05, 4.69) is 40.7 Å². The lowest BCUT2D eigenvalue weighted by Gasteiger charge is -2.14. The summed E-state index contributed by atoms with van der Waals surface area (Å²) in [5, 5.41) is 26.4. The molecule has 0 fully saturated rings. The van der Waals surface area contributed by atoms with Crippen LogP contribution in [0.4, 0.5) is 40.1 Å². The summed E-state index contributed by atoms with van der Waals surface area (Å²) in [4.78, 5) is 7.12. The van der Waals surface area contributed by atoms with Gasteiger partial charge in [0.25, 0.3) is 50.6 Å². The van der Waals surface area contributed by atoms with Gasteiger partial charge in [0, 0.05) is 22.4 Å². The minimum Gasteiger partial charge on any atom is -0.505 e. The van der Waals surface area contributed by atoms with Gasteiger partial charge in [-0.15, -0.1) is 20.5 Å². The van der Waals surface area contributed by atoms with E-state index in [0.29, 0.717) is 30.8 Å². The summed E-state index contributed by atoms with van der Waals surface area (Å²) in [5.41, 5.74) is 1.57. The Morgan fingerprint density at radius 1 is 0.631 bits per heavy atom. The number of benzene rings is 5. The standard InChI is InChI=1S/C34H30ClN9O16S5/c1-3-15(4-2)32-38-33(35)40-34(39-32)37-17-8-11-23(62(49,50)51)21(14-17)42-43-28-24(63(52,53)54)12-16-13-25(64(55,56)57)29(30(45)26(16)27(28)36)44-41-20-10-9-18-19(31(20)65(58,59)60)6-5-7-22(18)61(46,47)48/h5-15,45H,3-4,36H2,1-2H3,(H,46,47,48)(H,49,50,51)(H,52,53,54)(H,55,56,57)(H,58,59,60)(H,37,38,39,40)/b43-42+,44-41+. The Morgan fingerprint density at radius 2 is 1.20 bits per heavy atom.